The molecule has 1 fully saturated rings. The third kappa shape index (κ3) is 4.86. The van der Waals surface area contributed by atoms with E-state index in [4.69, 9.17) is 4.74 Å². The van der Waals surface area contributed by atoms with Gasteiger partial charge in [-0.15, -0.1) is 0 Å². The molecule has 0 unspecified atom stereocenters. The van der Waals surface area contributed by atoms with Crippen molar-refractivity contribution in [1.29, 1.82) is 0 Å². The average molecular weight is 290 g/mol. The van der Waals surface area contributed by atoms with Crippen LogP contribution in [0.3, 0.4) is 0 Å². The summed E-state index contributed by atoms with van der Waals surface area (Å²) in [5, 5.41) is 2.88. The predicted molar refractivity (Wildman–Crippen MR) is 81.5 cm³/mol. The van der Waals surface area contributed by atoms with Crippen LogP contribution in [0.25, 0.3) is 0 Å². The van der Waals surface area contributed by atoms with E-state index in [1.165, 1.54) is 0 Å². The van der Waals surface area contributed by atoms with E-state index in [9.17, 15) is 9.59 Å². The Labute approximate surface area is 125 Å². The number of hydrogen-bond acceptors (Lipinski definition) is 4. The fraction of sp³-hybridized carbons (Fsp3) is 0.500. The Bertz CT molecular complexity index is 465. The minimum atomic E-state index is -0.0243. The molecule has 21 heavy (non-hydrogen) atoms. The lowest BCUT2D eigenvalue weighted by Gasteiger charge is -2.28. The van der Waals surface area contributed by atoms with Crippen LogP contribution in [0.2, 0.25) is 0 Å². The molecule has 0 aromatic heterocycles. The van der Waals surface area contributed by atoms with Crippen molar-refractivity contribution in [3.8, 4) is 5.75 Å². The maximum atomic E-state index is 12.0. The molecule has 5 nitrogen and oxygen atoms in total. The van der Waals surface area contributed by atoms with E-state index in [-0.39, 0.29) is 11.8 Å². The largest absolute Gasteiger partial charge is 0.494 e. The van der Waals surface area contributed by atoms with Gasteiger partial charge in [-0.2, -0.15) is 0 Å². The van der Waals surface area contributed by atoms with Gasteiger partial charge in [0.25, 0.3) is 0 Å². The van der Waals surface area contributed by atoms with Gasteiger partial charge < -0.3 is 14.8 Å². The summed E-state index contributed by atoms with van der Waals surface area (Å²) in [4.78, 5) is 24.8. The van der Waals surface area contributed by atoms with E-state index in [0.717, 1.165) is 43.7 Å². The fourth-order valence-electron chi connectivity index (χ4n) is 2.45. The second-order valence-corrected chi connectivity index (χ2v) is 5.26. The summed E-state index contributed by atoms with van der Waals surface area (Å²) in [5.74, 6) is 0.936. The Balaban J connectivity index is 1.77. The van der Waals surface area contributed by atoms with Crippen molar-refractivity contribution in [3.05, 3.63) is 24.3 Å². The summed E-state index contributed by atoms with van der Waals surface area (Å²) in [7, 11) is 0. The number of ether oxygens (including phenoxy) is 1. The molecule has 1 aromatic carbocycles. The molecule has 1 aromatic rings. The third-order valence-corrected chi connectivity index (χ3v) is 3.64. The normalized spacial score (nSPS) is 16.4. The van der Waals surface area contributed by atoms with Crippen LogP contribution < -0.4 is 10.1 Å². The van der Waals surface area contributed by atoms with Crippen LogP contribution in [0.4, 0.5) is 5.69 Å². The van der Waals surface area contributed by atoms with Gasteiger partial charge in [0.2, 0.25) is 5.91 Å². The number of nitrogens with one attached hydrogen (secondary N) is 1. The van der Waals surface area contributed by atoms with Crippen LogP contribution in [0.5, 0.6) is 5.75 Å². The molecule has 1 saturated heterocycles. The Morgan fingerprint density at radius 1 is 1.33 bits per heavy atom. The van der Waals surface area contributed by atoms with Gasteiger partial charge in [-0.25, -0.2) is 0 Å². The summed E-state index contributed by atoms with van der Waals surface area (Å²) in [6.45, 7) is 4.55. The molecule has 0 spiro atoms. The molecule has 114 valence electrons. The zero-order chi connectivity index (χ0) is 15.1. The summed E-state index contributed by atoms with van der Waals surface area (Å²) in [6.07, 6.45) is 2.72. The average Bonchev–Trinajstić information content (AvgIpc) is 2.50. The van der Waals surface area contributed by atoms with E-state index in [1.54, 1.807) is 0 Å². The molecule has 0 bridgehead atoms. The first kappa shape index (κ1) is 15.5. The molecule has 1 amide bonds. The molecule has 1 N–H and O–H groups in total. The quantitative estimate of drug-likeness (QED) is 0.813. The summed E-state index contributed by atoms with van der Waals surface area (Å²) in [5.41, 5.74) is 0.770. The van der Waals surface area contributed by atoms with Crippen LogP contribution >= 0.6 is 0 Å². The molecular formula is C16H22N2O3. The maximum Gasteiger partial charge on any atom is 0.238 e. The standard InChI is InChI=1S/C16H22N2O3/c1-2-21-15-5-3-14(4-6-15)17-16(20)11-18-9-7-13(12-19)8-10-18/h3-6,12-13H,2,7-11H2,1H3,(H,17,20). The fourth-order valence-corrected chi connectivity index (χ4v) is 2.45. The van der Waals surface area contributed by atoms with Crippen LogP contribution in [0.1, 0.15) is 19.8 Å². The number of amides is 1. The minimum Gasteiger partial charge on any atom is -0.494 e. The number of hydrogen-bond donors (Lipinski definition) is 1. The molecule has 5 heteroatoms. The van der Waals surface area contributed by atoms with Crippen molar-refractivity contribution in [2.75, 3.05) is 31.6 Å². The smallest absolute Gasteiger partial charge is 0.238 e. The highest BCUT2D eigenvalue weighted by Gasteiger charge is 2.20. The molecule has 0 aliphatic carbocycles. The third-order valence-electron chi connectivity index (χ3n) is 3.64. The van der Waals surface area contributed by atoms with Crippen molar-refractivity contribution in [1.82, 2.24) is 4.90 Å². The van der Waals surface area contributed by atoms with Crippen LogP contribution in [-0.4, -0.2) is 43.3 Å². The zero-order valence-corrected chi connectivity index (χ0v) is 12.4. The monoisotopic (exact) mass is 290 g/mol. The molecule has 2 rings (SSSR count). The number of carbonyl (C=O) groups excluding carboxylic acids is 2. The lowest BCUT2D eigenvalue weighted by atomic mass is 9.99. The lowest BCUT2D eigenvalue weighted by molar-refractivity contribution is -0.117. The Morgan fingerprint density at radius 2 is 2.00 bits per heavy atom. The highest BCUT2D eigenvalue weighted by atomic mass is 16.5. The Hall–Kier alpha value is -1.88. The SMILES string of the molecule is CCOc1ccc(NC(=O)CN2CCC(C=O)CC2)cc1. The molecular weight excluding hydrogens is 268 g/mol. The van der Waals surface area contributed by atoms with Gasteiger partial charge in [0.05, 0.1) is 13.2 Å². The van der Waals surface area contributed by atoms with Gasteiger partial charge in [0, 0.05) is 11.6 Å². The first-order valence-electron chi connectivity index (χ1n) is 7.41. The van der Waals surface area contributed by atoms with Gasteiger partial charge in [0.1, 0.15) is 12.0 Å². The van der Waals surface area contributed by atoms with Crippen molar-refractivity contribution in [3.63, 3.8) is 0 Å². The number of anilines is 1. The van der Waals surface area contributed by atoms with Crippen LogP contribution in [0, 0.1) is 5.92 Å². The van der Waals surface area contributed by atoms with Gasteiger partial charge in [0.15, 0.2) is 0 Å². The van der Waals surface area contributed by atoms with E-state index in [0.29, 0.717) is 13.2 Å². The van der Waals surface area contributed by atoms with Gasteiger partial charge in [-0.1, -0.05) is 0 Å². The lowest BCUT2D eigenvalue weighted by Crippen LogP contribution is -2.39. The predicted octanol–water partition coefficient (Wildman–Crippen LogP) is 1.93. The highest BCUT2D eigenvalue weighted by Crippen LogP contribution is 2.17. The highest BCUT2D eigenvalue weighted by molar-refractivity contribution is 5.92. The first-order valence-corrected chi connectivity index (χ1v) is 7.41. The van der Waals surface area contributed by atoms with Gasteiger partial charge >= 0.3 is 0 Å². The van der Waals surface area contributed by atoms with Crippen LogP contribution in [-0.2, 0) is 9.59 Å². The summed E-state index contributed by atoms with van der Waals surface area (Å²) in [6, 6.07) is 7.35. The van der Waals surface area contributed by atoms with Crippen molar-refractivity contribution in [2.45, 2.75) is 19.8 Å². The van der Waals surface area contributed by atoms with Crippen molar-refractivity contribution >= 4 is 17.9 Å². The molecule has 0 radical (unpaired) electrons. The van der Waals surface area contributed by atoms with Gasteiger partial charge in [-0.3, -0.25) is 9.69 Å². The number of benzene rings is 1. The van der Waals surface area contributed by atoms with E-state index in [2.05, 4.69) is 10.2 Å². The summed E-state index contributed by atoms with van der Waals surface area (Å²) >= 11 is 0. The topological polar surface area (TPSA) is 58.6 Å². The molecule has 1 aliphatic rings. The Kier molecular flexibility index (Phi) is 5.75. The minimum absolute atomic E-state index is 0.0243. The van der Waals surface area contributed by atoms with Gasteiger partial charge in [-0.05, 0) is 57.1 Å². The van der Waals surface area contributed by atoms with Crippen LogP contribution in [0.15, 0.2) is 24.3 Å². The molecule has 0 saturated carbocycles. The van der Waals surface area contributed by atoms with E-state index < -0.39 is 0 Å². The maximum absolute atomic E-state index is 12.0. The second kappa shape index (κ2) is 7.78. The molecule has 1 aliphatic heterocycles. The number of likely N-dealkylation sites (tertiary alicyclic amines) is 1. The number of rotatable bonds is 6. The van der Waals surface area contributed by atoms with E-state index in [1.807, 2.05) is 31.2 Å². The second-order valence-electron chi connectivity index (χ2n) is 5.26. The summed E-state index contributed by atoms with van der Waals surface area (Å²) < 4.78 is 5.36. The number of piperidine rings is 1. The number of nitrogens with zero attached hydrogens (tertiary/aromatic N) is 1. The molecule has 1 heterocycles. The first-order chi connectivity index (χ1) is 10.2. The van der Waals surface area contributed by atoms with Crippen molar-refractivity contribution < 1.29 is 14.3 Å². The number of aldehydes is 1. The zero-order valence-electron chi connectivity index (χ0n) is 12.4. The van der Waals surface area contributed by atoms with Crippen molar-refractivity contribution in [2.24, 2.45) is 5.92 Å². The van der Waals surface area contributed by atoms with E-state index >= 15 is 0 Å². The molecule has 0 atom stereocenters. The Morgan fingerprint density at radius 3 is 2.57 bits per heavy atom. The number of carbonyl (C=O) groups is 2.